The van der Waals surface area contributed by atoms with Crippen LogP contribution in [0.25, 0.3) is 0 Å². The topological polar surface area (TPSA) is 79.4 Å². The highest BCUT2D eigenvalue weighted by atomic mass is 16.6. The van der Waals surface area contributed by atoms with E-state index >= 15 is 0 Å². The van der Waals surface area contributed by atoms with Gasteiger partial charge in [0, 0.05) is 33.4 Å². The van der Waals surface area contributed by atoms with E-state index in [1.54, 1.807) is 6.20 Å². The minimum absolute atomic E-state index is 0.389. The van der Waals surface area contributed by atoms with Crippen molar-refractivity contribution in [1.29, 1.82) is 0 Å². The Kier molecular flexibility index (Phi) is 6.20. The first-order valence-electron chi connectivity index (χ1n) is 6.99. The lowest BCUT2D eigenvalue weighted by Crippen LogP contribution is -2.33. The van der Waals surface area contributed by atoms with Gasteiger partial charge in [-0.15, -0.1) is 0 Å². The monoisotopic (exact) mass is 295 g/mol. The SMILES string of the molecule is CN(C)c1nccc(NCCCNC(=O)OC(C)(C)C)n1. The molecule has 0 saturated heterocycles. The van der Waals surface area contributed by atoms with Crippen LogP contribution in [0.5, 0.6) is 0 Å². The number of aromatic nitrogens is 2. The van der Waals surface area contributed by atoms with Gasteiger partial charge in [0.15, 0.2) is 0 Å². The summed E-state index contributed by atoms with van der Waals surface area (Å²) in [4.78, 5) is 21.8. The van der Waals surface area contributed by atoms with Crippen LogP contribution in [0.3, 0.4) is 0 Å². The van der Waals surface area contributed by atoms with Gasteiger partial charge in [0.25, 0.3) is 0 Å². The van der Waals surface area contributed by atoms with E-state index in [9.17, 15) is 4.79 Å². The van der Waals surface area contributed by atoms with E-state index in [0.717, 1.165) is 12.2 Å². The van der Waals surface area contributed by atoms with Gasteiger partial charge in [-0.3, -0.25) is 0 Å². The zero-order chi connectivity index (χ0) is 15.9. The van der Waals surface area contributed by atoms with E-state index in [0.29, 0.717) is 19.0 Å². The van der Waals surface area contributed by atoms with Crippen LogP contribution in [0.15, 0.2) is 12.3 Å². The second-order valence-corrected chi connectivity index (χ2v) is 5.85. The lowest BCUT2D eigenvalue weighted by molar-refractivity contribution is 0.0528. The molecule has 7 heteroatoms. The summed E-state index contributed by atoms with van der Waals surface area (Å²) in [5, 5.41) is 5.90. The van der Waals surface area contributed by atoms with Crippen LogP contribution in [-0.2, 0) is 4.74 Å². The molecule has 0 aliphatic rings. The van der Waals surface area contributed by atoms with E-state index in [-0.39, 0.29) is 6.09 Å². The maximum atomic E-state index is 11.4. The summed E-state index contributed by atoms with van der Waals surface area (Å²) < 4.78 is 5.15. The van der Waals surface area contributed by atoms with Gasteiger partial charge in [-0.2, -0.15) is 4.98 Å². The predicted molar refractivity (Wildman–Crippen MR) is 83.7 cm³/mol. The first kappa shape index (κ1) is 17.0. The number of carbonyl (C=O) groups excluding carboxylic acids is 1. The Hall–Kier alpha value is -2.05. The molecule has 1 aromatic rings. The van der Waals surface area contributed by atoms with Crippen LogP contribution in [0.4, 0.5) is 16.6 Å². The first-order valence-corrected chi connectivity index (χ1v) is 6.99. The van der Waals surface area contributed by atoms with Crippen molar-refractivity contribution in [3.05, 3.63) is 12.3 Å². The number of carbonyl (C=O) groups is 1. The highest BCUT2D eigenvalue weighted by Gasteiger charge is 2.15. The van der Waals surface area contributed by atoms with Gasteiger partial charge >= 0.3 is 6.09 Å². The quantitative estimate of drug-likeness (QED) is 0.780. The minimum atomic E-state index is -0.466. The highest BCUT2D eigenvalue weighted by Crippen LogP contribution is 2.08. The van der Waals surface area contributed by atoms with Crippen LogP contribution in [0.2, 0.25) is 0 Å². The molecule has 0 bridgehead atoms. The third-order valence-corrected chi connectivity index (χ3v) is 2.37. The average Bonchev–Trinajstić information content (AvgIpc) is 2.36. The lowest BCUT2D eigenvalue weighted by atomic mass is 10.2. The molecule has 2 N–H and O–H groups in total. The molecule has 7 nitrogen and oxygen atoms in total. The summed E-state index contributed by atoms with van der Waals surface area (Å²) in [5.74, 6) is 1.43. The van der Waals surface area contributed by atoms with Crippen molar-refractivity contribution >= 4 is 17.9 Å². The van der Waals surface area contributed by atoms with Crippen LogP contribution in [0, 0.1) is 0 Å². The van der Waals surface area contributed by atoms with E-state index in [1.165, 1.54) is 0 Å². The summed E-state index contributed by atoms with van der Waals surface area (Å²) in [6, 6.07) is 1.81. The number of rotatable bonds is 6. The average molecular weight is 295 g/mol. The fraction of sp³-hybridized carbons (Fsp3) is 0.643. The lowest BCUT2D eigenvalue weighted by Gasteiger charge is -2.19. The molecule has 0 aliphatic heterocycles. The van der Waals surface area contributed by atoms with Crippen molar-refractivity contribution in [2.75, 3.05) is 37.4 Å². The standard InChI is InChI=1S/C14H25N5O2/c1-14(2,3)21-13(20)17-9-6-8-15-11-7-10-16-12(18-11)19(4)5/h7,10H,6,8-9H2,1-5H3,(H,17,20)(H,15,16,18). The first-order chi connectivity index (χ1) is 9.78. The number of anilines is 2. The molecule has 21 heavy (non-hydrogen) atoms. The van der Waals surface area contributed by atoms with E-state index in [4.69, 9.17) is 4.74 Å². The fourth-order valence-corrected chi connectivity index (χ4v) is 1.47. The minimum Gasteiger partial charge on any atom is -0.444 e. The van der Waals surface area contributed by atoms with Crippen LogP contribution in [-0.4, -0.2) is 48.8 Å². The number of hydrogen-bond donors (Lipinski definition) is 2. The molecule has 118 valence electrons. The molecule has 1 amide bonds. The Morgan fingerprint density at radius 3 is 2.67 bits per heavy atom. The zero-order valence-electron chi connectivity index (χ0n) is 13.4. The van der Waals surface area contributed by atoms with E-state index in [2.05, 4.69) is 20.6 Å². The summed E-state index contributed by atoms with van der Waals surface area (Å²) in [6.07, 6.45) is 2.10. The van der Waals surface area contributed by atoms with Gasteiger partial charge in [-0.05, 0) is 33.3 Å². The molecule has 1 rings (SSSR count). The molecule has 0 aromatic carbocycles. The summed E-state index contributed by atoms with van der Waals surface area (Å²) in [5.41, 5.74) is -0.466. The van der Waals surface area contributed by atoms with Crippen LogP contribution in [0.1, 0.15) is 27.2 Å². The molecule has 0 unspecified atom stereocenters. The Labute approximate surface area is 126 Å². The molecular weight excluding hydrogens is 270 g/mol. The number of amides is 1. The summed E-state index contributed by atoms with van der Waals surface area (Å²) in [7, 11) is 3.79. The predicted octanol–water partition coefficient (Wildman–Crippen LogP) is 1.87. The number of ether oxygens (including phenoxy) is 1. The largest absolute Gasteiger partial charge is 0.444 e. The van der Waals surface area contributed by atoms with Crippen molar-refractivity contribution in [3.8, 4) is 0 Å². The van der Waals surface area contributed by atoms with Gasteiger partial charge < -0.3 is 20.3 Å². The normalized spacial score (nSPS) is 10.9. The molecule has 0 saturated carbocycles. The Morgan fingerprint density at radius 2 is 2.05 bits per heavy atom. The van der Waals surface area contributed by atoms with Crippen LogP contribution < -0.4 is 15.5 Å². The highest BCUT2D eigenvalue weighted by molar-refractivity contribution is 5.67. The Balaban J connectivity index is 2.23. The molecule has 0 fully saturated rings. The van der Waals surface area contributed by atoms with Gasteiger partial charge in [0.05, 0.1) is 0 Å². The summed E-state index contributed by atoms with van der Waals surface area (Å²) in [6.45, 7) is 6.77. The number of nitrogens with one attached hydrogen (secondary N) is 2. The fourth-order valence-electron chi connectivity index (χ4n) is 1.47. The maximum absolute atomic E-state index is 11.4. The number of alkyl carbamates (subject to hydrolysis) is 1. The zero-order valence-corrected chi connectivity index (χ0v) is 13.4. The second-order valence-electron chi connectivity index (χ2n) is 5.85. The molecule has 0 spiro atoms. The molecule has 1 aromatic heterocycles. The third-order valence-electron chi connectivity index (χ3n) is 2.37. The van der Waals surface area contributed by atoms with E-state index in [1.807, 2.05) is 45.8 Å². The van der Waals surface area contributed by atoms with Gasteiger partial charge in [0.2, 0.25) is 5.95 Å². The smallest absolute Gasteiger partial charge is 0.407 e. The van der Waals surface area contributed by atoms with Crippen molar-refractivity contribution in [1.82, 2.24) is 15.3 Å². The summed E-state index contributed by atoms with van der Waals surface area (Å²) >= 11 is 0. The van der Waals surface area contributed by atoms with Gasteiger partial charge in [-0.1, -0.05) is 0 Å². The van der Waals surface area contributed by atoms with Gasteiger partial charge in [-0.25, -0.2) is 9.78 Å². The molecule has 0 atom stereocenters. The van der Waals surface area contributed by atoms with Crippen molar-refractivity contribution in [2.45, 2.75) is 32.8 Å². The van der Waals surface area contributed by atoms with Crippen molar-refractivity contribution < 1.29 is 9.53 Å². The number of hydrogen-bond acceptors (Lipinski definition) is 6. The maximum Gasteiger partial charge on any atom is 0.407 e. The van der Waals surface area contributed by atoms with Gasteiger partial charge in [0.1, 0.15) is 11.4 Å². The van der Waals surface area contributed by atoms with Crippen molar-refractivity contribution in [2.24, 2.45) is 0 Å². The van der Waals surface area contributed by atoms with Crippen LogP contribution >= 0.6 is 0 Å². The molecular formula is C14H25N5O2. The molecule has 1 heterocycles. The third kappa shape index (κ3) is 7.34. The molecule has 0 aliphatic carbocycles. The Bertz CT molecular complexity index is 457. The van der Waals surface area contributed by atoms with Crippen molar-refractivity contribution in [3.63, 3.8) is 0 Å². The molecule has 0 radical (unpaired) electrons. The van der Waals surface area contributed by atoms with E-state index < -0.39 is 5.60 Å². The second kappa shape index (κ2) is 7.66. The number of nitrogens with zero attached hydrogens (tertiary/aromatic N) is 3. The Morgan fingerprint density at radius 1 is 1.33 bits per heavy atom.